The summed E-state index contributed by atoms with van der Waals surface area (Å²) in [6.07, 6.45) is 0.934. The Balaban J connectivity index is 1.59. The molecular formula is C22H21FN2O3S. The first kappa shape index (κ1) is 20.5. The summed E-state index contributed by atoms with van der Waals surface area (Å²) in [5.74, 6) is -0.820. The molecule has 0 aliphatic carbocycles. The number of sulfonamides is 1. The SMILES string of the molecule is Cc1ccc(CCC(=O)Nc2ccc(S(=O)(=O)Nc3ccccc3F)cc2)cc1. The summed E-state index contributed by atoms with van der Waals surface area (Å²) in [5, 5.41) is 2.75. The van der Waals surface area contributed by atoms with E-state index in [0.717, 1.165) is 11.1 Å². The van der Waals surface area contributed by atoms with Crippen LogP contribution in [0.1, 0.15) is 17.5 Å². The molecule has 0 saturated carbocycles. The molecule has 0 aromatic heterocycles. The summed E-state index contributed by atoms with van der Waals surface area (Å²) >= 11 is 0. The van der Waals surface area contributed by atoms with Crippen molar-refractivity contribution in [3.8, 4) is 0 Å². The fourth-order valence-electron chi connectivity index (χ4n) is 2.70. The third-order valence-corrected chi connectivity index (χ3v) is 5.71. The molecule has 0 unspecified atom stereocenters. The molecule has 3 aromatic carbocycles. The number of carbonyl (C=O) groups excluding carboxylic acids is 1. The molecule has 150 valence electrons. The lowest BCUT2D eigenvalue weighted by atomic mass is 10.1. The van der Waals surface area contributed by atoms with Crippen molar-refractivity contribution in [1.29, 1.82) is 0 Å². The van der Waals surface area contributed by atoms with Gasteiger partial charge >= 0.3 is 0 Å². The molecule has 0 spiro atoms. The maximum Gasteiger partial charge on any atom is 0.261 e. The Kier molecular flexibility index (Phi) is 6.29. The molecule has 0 bridgehead atoms. The molecule has 0 radical (unpaired) electrons. The van der Waals surface area contributed by atoms with Gasteiger partial charge in [0.15, 0.2) is 0 Å². The predicted molar refractivity (Wildman–Crippen MR) is 112 cm³/mol. The molecule has 0 atom stereocenters. The second-order valence-corrected chi connectivity index (χ2v) is 8.33. The lowest BCUT2D eigenvalue weighted by Gasteiger charge is -2.10. The zero-order chi connectivity index (χ0) is 20.9. The average molecular weight is 412 g/mol. The van der Waals surface area contributed by atoms with Crippen LogP contribution in [-0.2, 0) is 21.2 Å². The van der Waals surface area contributed by atoms with Crippen molar-refractivity contribution in [2.45, 2.75) is 24.7 Å². The quantitative estimate of drug-likeness (QED) is 0.600. The number of anilines is 2. The minimum absolute atomic E-state index is 0.0293. The molecule has 3 aromatic rings. The van der Waals surface area contributed by atoms with Gasteiger partial charge in [-0.15, -0.1) is 0 Å². The first-order valence-electron chi connectivity index (χ1n) is 9.06. The first-order chi connectivity index (χ1) is 13.8. The molecule has 0 saturated heterocycles. The van der Waals surface area contributed by atoms with Gasteiger partial charge in [0.05, 0.1) is 10.6 Å². The highest BCUT2D eigenvalue weighted by Crippen LogP contribution is 2.20. The number of benzene rings is 3. The smallest absolute Gasteiger partial charge is 0.261 e. The lowest BCUT2D eigenvalue weighted by Crippen LogP contribution is -2.15. The largest absolute Gasteiger partial charge is 0.326 e. The van der Waals surface area contributed by atoms with E-state index in [1.165, 1.54) is 48.5 Å². The molecule has 0 aliphatic heterocycles. The van der Waals surface area contributed by atoms with Gasteiger partial charge in [-0.05, 0) is 55.3 Å². The van der Waals surface area contributed by atoms with Crippen molar-refractivity contribution in [2.24, 2.45) is 0 Å². The van der Waals surface area contributed by atoms with Crippen LogP contribution in [0.3, 0.4) is 0 Å². The molecule has 1 amide bonds. The standard InChI is InChI=1S/C22H21FN2O3S/c1-16-6-8-17(9-7-16)10-15-22(26)24-18-11-13-19(14-12-18)29(27,28)25-21-5-3-2-4-20(21)23/h2-9,11-14,25H,10,15H2,1H3,(H,24,26). The Morgan fingerprint density at radius 1 is 0.931 bits per heavy atom. The topological polar surface area (TPSA) is 75.3 Å². The normalized spacial score (nSPS) is 11.1. The Morgan fingerprint density at radius 2 is 1.59 bits per heavy atom. The number of rotatable bonds is 7. The van der Waals surface area contributed by atoms with Gasteiger partial charge in [0.1, 0.15) is 5.82 Å². The summed E-state index contributed by atoms with van der Waals surface area (Å²) in [6.45, 7) is 2.01. The van der Waals surface area contributed by atoms with Crippen LogP contribution in [0, 0.1) is 12.7 Å². The van der Waals surface area contributed by atoms with Gasteiger partial charge in [0.2, 0.25) is 5.91 Å². The van der Waals surface area contributed by atoms with E-state index in [1.807, 2.05) is 31.2 Å². The van der Waals surface area contributed by atoms with Crippen LogP contribution in [0.15, 0.2) is 77.7 Å². The number of carbonyl (C=O) groups is 1. The summed E-state index contributed by atoms with van der Waals surface area (Å²) in [5.41, 5.74) is 2.61. The summed E-state index contributed by atoms with van der Waals surface area (Å²) in [7, 11) is -3.93. The molecule has 0 aliphatic rings. The van der Waals surface area contributed by atoms with Crippen LogP contribution in [0.5, 0.6) is 0 Å². The zero-order valence-corrected chi connectivity index (χ0v) is 16.7. The van der Waals surface area contributed by atoms with Crippen molar-refractivity contribution in [2.75, 3.05) is 10.0 Å². The van der Waals surface area contributed by atoms with Gasteiger partial charge in [0, 0.05) is 12.1 Å². The second kappa shape index (κ2) is 8.87. The number of halogens is 1. The van der Waals surface area contributed by atoms with E-state index >= 15 is 0 Å². The number of aryl methyl sites for hydroxylation is 2. The number of hydrogen-bond donors (Lipinski definition) is 2. The summed E-state index contributed by atoms with van der Waals surface area (Å²) < 4.78 is 40.7. The molecule has 5 nitrogen and oxygen atoms in total. The Bertz CT molecular complexity index is 1100. The summed E-state index contributed by atoms with van der Waals surface area (Å²) in [6, 6.07) is 19.2. The monoisotopic (exact) mass is 412 g/mol. The van der Waals surface area contributed by atoms with Gasteiger partial charge in [-0.25, -0.2) is 12.8 Å². The molecule has 3 rings (SSSR count). The molecular weight excluding hydrogens is 391 g/mol. The molecule has 29 heavy (non-hydrogen) atoms. The van der Waals surface area contributed by atoms with Crippen LogP contribution < -0.4 is 10.0 Å². The van der Waals surface area contributed by atoms with Crippen molar-refractivity contribution in [1.82, 2.24) is 0 Å². The minimum atomic E-state index is -3.93. The van der Waals surface area contributed by atoms with Crippen LogP contribution in [0.2, 0.25) is 0 Å². The van der Waals surface area contributed by atoms with E-state index in [4.69, 9.17) is 0 Å². The lowest BCUT2D eigenvalue weighted by molar-refractivity contribution is -0.116. The average Bonchev–Trinajstić information content (AvgIpc) is 2.70. The van der Waals surface area contributed by atoms with Crippen LogP contribution in [0.4, 0.5) is 15.8 Å². The maximum absolute atomic E-state index is 13.7. The van der Waals surface area contributed by atoms with E-state index in [-0.39, 0.29) is 16.5 Å². The van der Waals surface area contributed by atoms with Gasteiger partial charge in [-0.1, -0.05) is 42.0 Å². The zero-order valence-electron chi connectivity index (χ0n) is 15.9. The number of nitrogens with one attached hydrogen (secondary N) is 2. The highest BCUT2D eigenvalue weighted by molar-refractivity contribution is 7.92. The number of amides is 1. The van der Waals surface area contributed by atoms with Gasteiger partial charge in [-0.3, -0.25) is 9.52 Å². The van der Waals surface area contributed by atoms with Crippen LogP contribution >= 0.6 is 0 Å². The van der Waals surface area contributed by atoms with E-state index in [0.29, 0.717) is 18.5 Å². The Labute approximate surface area is 169 Å². The van der Waals surface area contributed by atoms with E-state index in [9.17, 15) is 17.6 Å². The fourth-order valence-corrected chi connectivity index (χ4v) is 3.77. The van der Waals surface area contributed by atoms with E-state index in [2.05, 4.69) is 10.0 Å². The minimum Gasteiger partial charge on any atom is -0.326 e. The molecule has 0 fully saturated rings. The Morgan fingerprint density at radius 3 is 2.24 bits per heavy atom. The van der Waals surface area contributed by atoms with Crippen molar-refractivity contribution < 1.29 is 17.6 Å². The van der Waals surface area contributed by atoms with Crippen LogP contribution in [-0.4, -0.2) is 14.3 Å². The first-order valence-corrected chi connectivity index (χ1v) is 10.5. The fraction of sp³-hybridized carbons (Fsp3) is 0.136. The van der Waals surface area contributed by atoms with Gasteiger partial charge in [-0.2, -0.15) is 0 Å². The molecule has 7 heteroatoms. The highest BCUT2D eigenvalue weighted by atomic mass is 32.2. The predicted octanol–water partition coefficient (Wildman–Crippen LogP) is 4.51. The number of hydrogen-bond acceptors (Lipinski definition) is 3. The Hall–Kier alpha value is -3.19. The molecule has 0 heterocycles. The van der Waals surface area contributed by atoms with E-state index < -0.39 is 15.8 Å². The number of para-hydroxylation sites is 1. The van der Waals surface area contributed by atoms with Crippen molar-refractivity contribution in [3.05, 3.63) is 89.7 Å². The summed E-state index contributed by atoms with van der Waals surface area (Å²) in [4.78, 5) is 12.1. The van der Waals surface area contributed by atoms with Crippen molar-refractivity contribution in [3.63, 3.8) is 0 Å². The van der Waals surface area contributed by atoms with E-state index in [1.54, 1.807) is 0 Å². The van der Waals surface area contributed by atoms with Crippen LogP contribution in [0.25, 0.3) is 0 Å². The van der Waals surface area contributed by atoms with Gasteiger partial charge in [0.25, 0.3) is 10.0 Å². The highest BCUT2D eigenvalue weighted by Gasteiger charge is 2.16. The van der Waals surface area contributed by atoms with Gasteiger partial charge < -0.3 is 5.32 Å². The third kappa shape index (κ3) is 5.65. The third-order valence-electron chi connectivity index (χ3n) is 4.33. The second-order valence-electron chi connectivity index (χ2n) is 6.64. The maximum atomic E-state index is 13.7. The molecule has 2 N–H and O–H groups in total. The van der Waals surface area contributed by atoms with Crippen molar-refractivity contribution >= 4 is 27.3 Å².